The van der Waals surface area contributed by atoms with Crippen molar-refractivity contribution in [2.75, 3.05) is 20.6 Å². The first-order chi connectivity index (χ1) is 12.6. The Morgan fingerprint density at radius 2 is 2.04 bits per heavy atom. The van der Waals surface area contributed by atoms with Gasteiger partial charge in [0.25, 0.3) is 0 Å². The molecule has 0 bridgehead atoms. The second-order valence-electron chi connectivity index (χ2n) is 6.56. The SMILES string of the molecule is CC(Cc1ccn[nH]1)NC(=NC[C@H](Cc1ccccc1)N(C)C)NC#N. The van der Waals surface area contributed by atoms with Crippen molar-refractivity contribution in [3.63, 3.8) is 0 Å². The van der Waals surface area contributed by atoms with Crippen LogP contribution in [0, 0.1) is 11.5 Å². The summed E-state index contributed by atoms with van der Waals surface area (Å²) in [4.78, 5) is 6.77. The number of likely N-dealkylation sites (N-methyl/N-ethyl adjacent to an activating group) is 1. The van der Waals surface area contributed by atoms with Crippen LogP contribution in [-0.4, -0.2) is 53.8 Å². The third kappa shape index (κ3) is 6.57. The van der Waals surface area contributed by atoms with Gasteiger partial charge in [0.2, 0.25) is 5.96 Å². The highest BCUT2D eigenvalue weighted by molar-refractivity contribution is 5.81. The lowest BCUT2D eigenvalue weighted by atomic mass is 10.1. The minimum absolute atomic E-state index is 0.113. The lowest BCUT2D eigenvalue weighted by molar-refractivity contribution is 0.298. The van der Waals surface area contributed by atoms with E-state index >= 15 is 0 Å². The molecule has 2 rings (SSSR count). The Morgan fingerprint density at radius 1 is 1.27 bits per heavy atom. The summed E-state index contributed by atoms with van der Waals surface area (Å²) < 4.78 is 0. The number of hydrogen-bond donors (Lipinski definition) is 3. The van der Waals surface area contributed by atoms with E-state index in [0.29, 0.717) is 12.5 Å². The highest BCUT2D eigenvalue weighted by Gasteiger charge is 2.13. The molecule has 0 spiro atoms. The molecule has 1 aromatic heterocycles. The first-order valence-corrected chi connectivity index (χ1v) is 8.73. The normalized spacial score (nSPS) is 13.9. The smallest absolute Gasteiger partial charge is 0.204 e. The summed E-state index contributed by atoms with van der Waals surface area (Å²) in [6, 6.07) is 12.7. The van der Waals surface area contributed by atoms with Crippen LogP contribution < -0.4 is 10.6 Å². The van der Waals surface area contributed by atoms with E-state index in [9.17, 15) is 0 Å². The molecule has 7 heteroatoms. The molecular formula is C19H27N7. The van der Waals surface area contributed by atoms with Crippen LogP contribution >= 0.6 is 0 Å². The number of nitriles is 1. The van der Waals surface area contributed by atoms with Gasteiger partial charge >= 0.3 is 0 Å². The van der Waals surface area contributed by atoms with E-state index < -0.39 is 0 Å². The predicted octanol–water partition coefficient (Wildman–Crippen LogP) is 1.53. The quantitative estimate of drug-likeness (QED) is 0.290. The second-order valence-corrected chi connectivity index (χ2v) is 6.56. The molecule has 1 unspecified atom stereocenters. The van der Waals surface area contributed by atoms with Crippen LogP contribution in [0.4, 0.5) is 0 Å². The number of guanidine groups is 1. The Hall–Kier alpha value is -2.85. The first kappa shape index (κ1) is 19.5. The van der Waals surface area contributed by atoms with Gasteiger partial charge in [0, 0.05) is 30.4 Å². The number of aromatic nitrogens is 2. The molecule has 0 aliphatic heterocycles. The van der Waals surface area contributed by atoms with E-state index in [1.54, 1.807) is 6.20 Å². The van der Waals surface area contributed by atoms with Gasteiger partial charge in [0.15, 0.2) is 6.19 Å². The van der Waals surface area contributed by atoms with Crippen molar-refractivity contribution < 1.29 is 0 Å². The van der Waals surface area contributed by atoms with E-state index in [1.807, 2.05) is 37.4 Å². The maximum absolute atomic E-state index is 9.01. The first-order valence-electron chi connectivity index (χ1n) is 8.73. The summed E-state index contributed by atoms with van der Waals surface area (Å²) >= 11 is 0. The Kier molecular flexibility index (Phi) is 7.65. The van der Waals surface area contributed by atoms with Crippen LogP contribution in [0.25, 0.3) is 0 Å². The van der Waals surface area contributed by atoms with Crippen molar-refractivity contribution in [1.29, 1.82) is 5.26 Å². The summed E-state index contributed by atoms with van der Waals surface area (Å²) in [7, 11) is 4.10. The summed E-state index contributed by atoms with van der Waals surface area (Å²) in [5, 5.41) is 21.8. The van der Waals surface area contributed by atoms with Gasteiger partial charge in [0.05, 0.1) is 6.54 Å². The van der Waals surface area contributed by atoms with E-state index in [-0.39, 0.29) is 12.1 Å². The molecule has 0 radical (unpaired) electrons. The largest absolute Gasteiger partial charge is 0.353 e. The maximum Gasteiger partial charge on any atom is 0.204 e. The Balaban J connectivity index is 1.97. The molecule has 0 aliphatic carbocycles. The Morgan fingerprint density at radius 3 is 2.65 bits per heavy atom. The zero-order chi connectivity index (χ0) is 18.8. The number of hydrogen-bond acceptors (Lipinski definition) is 4. The molecule has 26 heavy (non-hydrogen) atoms. The zero-order valence-electron chi connectivity index (χ0n) is 15.6. The van der Waals surface area contributed by atoms with E-state index in [2.05, 4.69) is 57.0 Å². The van der Waals surface area contributed by atoms with E-state index in [4.69, 9.17) is 5.26 Å². The number of aliphatic imine (C=N–C) groups is 1. The number of nitrogens with zero attached hydrogens (tertiary/aromatic N) is 4. The molecule has 0 fully saturated rings. The van der Waals surface area contributed by atoms with Gasteiger partial charge in [-0.2, -0.15) is 10.4 Å². The lowest BCUT2D eigenvalue weighted by Gasteiger charge is -2.23. The van der Waals surface area contributed by atoms with Crippen molar-refractivity contribution in [3.05, 3.63) is 53.9 Å². The number of aromatic amines is 1. The highest BCUT2D eigenvalue weighted by atomic mass is 15.2. The molecule has 0 amide bonds. The van der Waals surface area contributed by atoms with Gasteiger partial charge in [-0.3, -0.25) is 15.4 Å². The molecule has 0 saturated heterocycles. The van der Waals surface area contributed by atoms with E-state index in [1.165, 1.54) is 5.56 Å². The summed E-state index contributed by atoms with van der Waals surface area (Å²) in [5.74, 6) is 0.499. The Labute approximate surface area is 155 Å². The van der Waals surface area contributed by atoms with Crippen LogP contribution in [0.3, 0.4) is 0 Å². The van der Waals surface area contributed by atoms with Crippen LogP contribution in [0.15, 0.2) is 47.6 Å². The van der Waals surface area contributed by atoms with Crippen molar-refractivity contribution in [1.82, 2.24) is 25.7 Å². The summed E-state index contributed by atoms with van der Waals surface area (Å²) in [6.07, 6.45) is 5.36. The molecule has 2 aromatic rings. The number of rotatable bonds is 8. The molecule has 7 nitrogen and oxygen atoms in total. The van der Waals surface area contributed by atoms with Crippen molar-refractivity contribution in [3.8, 4) is 6.19 Å². The van der Waals surface area contributed by atoms with Crippen molar-refractivity contribution in [2.24, 2.45) is 4.99 Å². The molecule has 2 atom stereocenters. The van der Waals surface area contributed by atoms with Gasteiger partial charge in [0.1, 0.15) is 0 Å². The summed E-state index contributed by atoms with van der Waals surface area (Å²) in [5.41, 5.74) is 2.31. The fourth-order valence-corrected chi connectivity index (χ4v) is 2.68. The second kappa shape index (κ2) is 10.2. The molecule has 3 N–H and O–H groups in total. The maximum atomic E-state index is 9.01. The monoisotopic (exact) mass is 353 g/mol. The fraction of sp³-hybridized carbons (Fsp3) is 0.421. The van der Waals surface area contributed by atoms with Gasteiger partial charge in [-0.1, -0.05) is 30.3 Å². The predicted molar refractivity (Wildman–Crippen MR) is 104 cm³/mol. The third-order valence-corrected chi connectivity index (χ3v) is 4.15. The van der Waals surface area contributed by atoms with Crippen molar-refractivity contribution >= 4 is 5.96 Å². The highest BCUT2D eigenvalue weighted by Crippen LogP contribution is 2.07. The van der Waals surface area contributed by atoms with Crippen LogP contribution in [0.1, 0.15) is 18.2 Å². The van der Waals surface area contributed by atoms with Gasteiger partial charge in [-0.25, -0.2) is 0 Å². The van der Waals surface area contributed by atoms with E-state index in [0.717, 1.165) is 18.5 Å². The molecule has 1 aromatic carbocycles. The number of benzene rings is 1. The zero-order valence-corrected chi connectivity index (χ0v) is 15.6. The summed E-state index contributed by atoms with van der Waals surface area (Å²) in [6.45, 7) is 2.64. The third-order valence-electron chi connectivity index (χ3n) is 4.15. The molecule has 138 valence electrons. The molecular weight excluding hydrogens is 326 g/mol. The van der Waals surface area contributed by atoms with Gasteiger partial charge in [-0.05, 0) is 39.1 Å². The number of nitrogens with one attached hydrogen (secondary N) is 3. The Bertz CT molecular complexity index is 701. The minimum atomic E-state index is 0.113. The molecule has 1 heterocycles. The fourth-order valence-electron chi connectivity index (χ4n) is 2.68. The minimum Gasteiger partial charge on any atom is -0.353 e. The van der Waals surface area contributed by atoms with Gasteiger partial charge < -0.3 is 10.2 Å². The van der Waals surface area contributed by atoms with Crippen LogP contribution in [0.5, 0.6) is 0 Å². The van der Waals surface area contributed by atoms with Crippen LogP contribution in [-0.2, 0) is 12.8 Å². The molecule has 0 aliphatic rings. The molecule has 0 saturated carbocycles. The number of H-pyrrole nitrogens is 1. The standard InChI is InChI=1S/C19H27N7/c1-15(11-17-9-10-23-25-17)24-19(22-14-20)21-13-18(26(2)3)12-16-7-5-4-6-8-16/h4-10,15,18H,11-13H2,1-3H3,(H,23,25)(H2,21,22,24)/t15?,18-/m0/s1. The van der Waals surface area contributed by atoms with Crippen molar-refractivity contribution in [2.45, 2.75) is 31.8 Å². The topological polar surface area (TPSA) is 92.1 Å². The van der Waals surface area contributed by atoms with Crippen LogP contribution in [0.2, 0.25) is 0 Å². The average Bonchev–Trinajstić information content (AvgIpc) is 3.12. The average molecular weight is 353 g/mol. The lowest BCUT2D eigenvalue weighted by Crippen LogP contribution is -2.42. The van der Waals surface area contributed by atoms with Gasteiger partial charge in [-0.15, -0.1) is 0 Å².